The normalized spacial score (nSPS) is 14.6. The molecule has 1 aliphatic heterocycles. The average Bonchev–Trinajstić information content (AvgIpc) is 3.05. The first kappa shape index (κ1) is 12.4. The topological polar surface area (TPSA) is 57.4 Å². The molecule has 1 aromatic carbocycles. The molecule has 0 amide bonds. The van der Waals surface area contributed by atoms with Crippen molar-refractivity contribution in [2.24, 2.45) is 5.73 Å². The lowest BCUT2D eigenvalue weighted by molar-refractivity contribution is 0.174. The van der Waals surface area contributed by atoms with Crippen molar-refractivity contribution in [3.63, 3.8) is 0 Å². The van der Waals surface area contributed by atoms with Crippen molar-refractivity contribution in [2.75, 3.05) is 6.79 Å². The summed E-state index contributed by atoms with van der Waals surface area (Å²) in [4.78, 5) is 4.64. The number of nitrogens with zero attached hydrogens (tertiary/aromatic N) is 1. The molecule has 4 nitrogen and oxygen atoms in total. The number of fused-ring (bicyclic) bond motifs is 1. The van der Waals surface area contributed by atoms with E-state index < -0.39 is 0 Å². The van der Waals surface area contributed by atoms with Crippen molar-refractivity contribution in [3.05, 3.63) is 28.6 Å². The van der Waals surface area contributed by atoms with Crippen LogP contribution in [0, 0.1) is 0 Å². The maximum Gasteiger partial charge on any atom is 0.231 e. The minimum Gasteiger partial charge on any atom is -0.454 e. The molecule has 2 aromatic rings. The van der Waals surface area contributed by atoms with Gasteiger partial charge >= 0.3 is 0 Å². The van der Waals surface area contributed by atoms with Gasteiger partial charge in [0, 0.05) is 23.4 Å². The highest BCUT2D eigenvalue weighted by molar-refractivity contribution is 7.09. The maximum atomic E-state index is 5.96. The molecule has 0 bridgehead atoms. The zero-order valence-corrected chi connectivity index (χ0v) is 11.6. The Morgan fingerprint density at radius 1 is 1.37 bits per heavy atom. The standard InChI is InChI=1S/C14H16N2O2S/c1-2-10(15)6-14-16-11(7-19-14)9-3-4-12-13(5-9)18-8-17-12/h3-5,7,10H,2,6,8,15H2,1H3. The molecular formula is C14H16N2O2S. The van der Waals surface area contributed by atoms with E-state index in [-0.39, 0.29) is 6.04 Å². The van der Waals surface area contributed by atoms with Gasteiger partial charge < -0.3 is 15.2 Å². The van der Waals surface area contributed by atoms with Crippen LogP contribution in [0.15, 0.2) is 23.6 Å². The van der Waals surface area contributed by atoms with Crippen molar-refractivity contribution in [1.29, 1.82) is 0 Å². The number of ether oxygens (including phenoxy) is 2. The molecule has 0 aliphatic carbocycles. The molecule has 100 valence electrons. The number of nitrogens with two attached hydrogens (primary N) is 1. The number of aromatic nitrogens is 1. The SMILES string of the molecule is CCC(N)Cc1nc(-c2ccc3c(c2)OCO3)cs1. The van der Waals surface area contributed by atoms with Gasteiger partial charge in [0.2, 0.25) is 6.79 Å². The van der Waals surface area contributed by atoms with E-state index in [1.165, 1.54) is 0 Å². The van der Waals surface area contributed by atoms with Gasteiger partial charge in [-0.3, -0.25) is 0 Å². The van der Waals surface area contributed by atoms with E-state index in [9.17, 15) is 0 Å². The van der Waals surface area contributed by atoms with Crippen LogP contribution in [-0.2, 0) is 6.42 Å². The van der Waals surface area contributed by atoms with Gasteiger partial charge in [0.1, 0.15) is 0 Å². The predicted molar refractivity (Wildman–Crippen MR) is 75.6 cm³/mol. The van der Waals surface area contributed by atoms with Crippen molar-refractivity contribution in [1.82, 2.24) is 4.98 Å². The Morgan fingerprint density at radius 3 is 3.05 bits per heavy atom. The third-order valence-electron chi connectivity index (χ3n) is 3.18. The Kier molecular flexibility index (Phi) is 3.40. The monoisotopic (exact) mass is 276 g/mol. The number of hydrogen-bond acceptors (Lipinski definition) is 5. The second kappa shape index (κ2) is 5.19. The third-order valence-corrected chi connectivity index (χ3v) is 4.05. The molecule has 2 heterocycles. The van der Waals surface area contributed by atoms with Crippen molar-refractivity contribution in [2.45, 2.75) is 25.8 Å². The average molecular weight is 276 g/mol. The van der Waals surface area contributed by atoms with Crippen LogP contribution in [0.4, 0.5) is 0 Å². The summed E-state index contributed by atoms with van der Waals surface area (Å²) >= 11 is 1.66. The summed E-state index contributed by atoms with van der Waals surface area (Å²) in [5.74, 6) is 1.59. The van der Waals surface area contributed by atoms with Gasteiger partial charge in [0.15, 0.2) is 11.5 Å². The lowest BCUT2D eigenvalue weighted by Crippen LogP contribution is -2.21. The molecule has 1 atom stereocenters. The second-order valence-corrected chi connectivity index (χ2v) is 5.51. The maximum absolute atomic E-state index is 5.96. The molecule has 0 saturated carbocycles. The fraction of sp³-hybridized carbons (Fsp3) is 0.357. The highest BCUT2D eigenvalue weighted by atomic mass is 32.1. The van der Waals surface area contributed by atoms with Crippen molar-refractivity contribution in [3.8, 4) is 22.8 Å². The van der Waals surface area contributed by atoms with Gasteiger partial charge in [0.25, 0.3) is 0 Å². The fourth-order valence-corrected chi connectivity index (χ4v) is 2.86. The van der Waals surface area contributed by atoms with Crippen LogP contribution in [0.3, 0.4) is 0 Å². The zero-order chi connectivity index (χ0) is 13.2. The molecule has 1 aromatic heterocycles. The summed E-state index contributed by atoms with van der Waals surface area (Å²) < 4.78 is 10.7. The van der Waals surface area contributed by atoms with Crippen LogP contribution in [-0.4, -0.2) is 17.8 Å². The molecule has 0 fully saturated rings. The molecule has 0 radical (unpaired) electrons. The number of thiazole rings is 1. The molecular weight excluding hydrogens is 260 g/mol. The molecule has 5 heteroatoms. The van der Waals surface area contributed by atoms with E-state index in [1.807, 2.05) is 18.2 Å². The summed E-state index contributed by atoms with van der Waals surface area (Å²) in [5.41, 5.74) is 7.98. The molecule has 0 spiro atoms. The van der Waals surface area contributed by atoms with E-state index in [2.05, 4.69) is 17.3 Å². The van der Waals surface area contributed by atoms with Gasteiger partial charge in [-0.2, -0.15) is 0 Å². The summed E-state index contributed by atoms with van der Waals surface area (Å²) in [5, 5.41) is 3.15. The lowest BCUT2D eigenvalue weighted by Gasteiger charge is -2.04. The Morgan fingerprint density at radius 2 is 2.21 bits per heavy atom. The van der Waals surface area contributed by atoms with Gasteiger partial charge in [-0.25, -0.2) is 4.98 Å². The first-order valence-electron chi connectivity index (χ1n) is 6.36. The van der Waals surface area contributed by atoms with Gasteiger partial charge in [0.05, 0.1) is 10.7 Å². The van der Waals surface area contributed by atoms with E-state index in [0.717, 1.165) is 40.6 Å². The smallest absolute Gasteiger partial charge is 0.231 e. The summed E-state index contributed by atoms with van der Waals surface area (Å²) in [6.07, 6.45) is 1.81. The van der Waals surface area contributed by atoms with E-state index in [4.69, 9.17) is 15.2 Å². The van der Waals surface area contributed by atoms with Gasteiger partial charge in [-0.15, -0.1) is 11.3 Å². The van der Waals surface area contributed by atoms with Crippen LogP contribution in [0.25, 0.3) is 11.3 Å². The van der Waals surface area contributed by atoms with E-state index >= 15 is 0 Å². The summed E-state index contributed by atoms with van der Waals surface area (Å²) in [6.45, 7) is 2.39. The zero-order valence-electron chi connectivity index (χ0n) is 10.8. The summed E-state index contributed by atoms with van der Waals surface area (Å²) in [6, 6.07) is 6.09. The fourth-order valence-electron chi connectivity index (χ4n) is 1.96. The molecule has 2 N–H and O–H groups in total. The molecule has 1 unspecified atom stereocenters. The van der Waals surface area contributed by atoms with Crippen molar-refractivity contribution < 1.29 is 9.47 Å². The van der Waals surface area contributed by atoms with Crippen LogP contribution in [0.5, 0.6) is 11.5 Å². The van der Waals surface area contributed by atoms with Crippen LogP contribution in [0.1, 0.15) is 18.4 Å². The molecule has 1 aliphatic rings. The molecule has 0 saturated heterocycles. The Balaban J connectivity index is 1.82. The minimum atomic E-state index is 0.191. The Labute approximate surface area is 116 Å². The third kappa shape index (κ3) is 2.57. The van der Waals surface area contributed by atoms with E-state index in [0.29, 0.717) is 6.79 Å². The van der Waals surface area contributed by atoms with Crippen LogP contribution in [0.2, 0.25) is 0 Å². The summed E-state index contributed by atoms with van der Waals surface area (Å²) in [7, 11) is 0. The molecule has 3 rings (SSSR count). The van der Waals surface area contributed by atoms with Crippen LogP contribution < -0.4 is 15.2 Å². The van der Waals surface area contributed by atoms with E-state index in [1.54, 1.807) is 11.3 Å². The van der Waals surface area contributed by atoms with Gasteiger partial charge in [-0.1, -0.05) is 6.92 Å². The van der Waals surface area contributed by atoms with Gasteiger partial charge in [-0.05, 0) is 24.6 Å². The first-order valence-corrected chi connectivity index (χ1v) is 7.24. The lowest BCUT2D eigenvalue weighted by atomic mass is 10.1. The Hall–Kier alpha value is -1.59. The minimum absolute atomic E-state index is 0.191. The van der Waals surface area contributed by atoms with Crippen LogP contribution >= 0.6 is 11.3 Å². The largest absolute Gasteiger partial charge is 0.454 e. The number of benzene rings is 1. The highest BCUT2D eigenvalue weighted by Crippen LogP contribution is 2.36. The number of hydrogen-bond donors (Lipinski definition) is 1. The second-order valence-electron chi connectivity index (χ2n) is 4.57. The van der Waals surface area contributed by atoms with Crippen molar-refractivity contribution >= 4 is 11.3 Å². The molecule has 19 heavy (non-hydrogen) atoms. The predicted octanol–water partition coefficient (Wildman–Crippen LogP) is 2.82. The number of rotatable bonds is 4. The first-order chi connectivity index (χ1) is 9.26. The Bertz CT molecular complexity index is 583. The highest BCUT2D eigenvalue weighted by Gasteiger charge is 2.15. The quantitative estimate of drug-likeness (QED) is 0.933.